The van der Waals surface area contributed by atoms with Gasteiger partial charge in [0.1, 0.15) is 11.3 Å². The SMILES string of the molecule is O=C(Nc1cccc2c1OCC2)C(=O)NC(Cc1coc2ccccc12)B(O)O. The van der Waals surface area contributed by atoms with Crippen LogP contribution in [0.4, 0.5) is 5.69 Å². The topological polar surface area (TPSA) is 121 Å². The maximum absolute atomic E-state index is 12.3. The maximum atomic E-state index is 12.3. The average Bonchev–Trinajstić information content (AvgIpc) is 3.35. The molecule has 1 aliphatic rings. The Labute approximate surface area is 166 Å². The molecule has 0 saturated heterocycles. The van der Waals surface area contributed by atoms with Gasteiger partial charge in [-0.25, -0.2) is 0 Å². The molecule has 1 atom stereocenters. The quantitative estimate of drug-likeness (QED) is 0.379. The standard InChI is InChI=1S/C20H19BN2O6/c24-19(22-15-6-3-4-12-8-9-28-18(12)15)20(25)23-17(21(26)27)10-13-11-29-16-7-2-1-5-14(13)16/h1-7,11,17,26-27H,8-10H2,(H,22,24)(H,23,25). The van der Waals surface area contributed by atoms with Gasteiger partial charge in [-0.1, -0.05) is 30.3 Å². The zero-order chi connectivity index (χ0) is 20.4. The highest BCUT2D eigenvalue weighted by atomic mass is 16.5. The summed E-state index contributed by atoms with van der Waals surface area (Å²) in [6.45, 7) is 0.520. The molecule has 0 saturated carbocycles. The van der Waals surface area contributed by atoms with Gasteiger partial charge in [-0.15, -0.1) is 0 Å². The molecule has 0 aliphatic carbocycles. The van der Waals surface area contributed by atoms with E-state index in [4.69, 9.17) is 9.15 Å². The molecule has 148 valence electrons. The van der Waals surface area contributed by atoms with Gasteiger partial charge in [-0.05, 0) is 29.7 Å². The molecule has 0 spiro atoms. The molecule has 8 nitrogen and oxygen atoms in total. The van der Waals surface area contributed by atoms with Gasteiger partial charge in [0.25, 0.3) is 0 Å². The summed E-state index contributed by atoms with van der Waals surface area (Å²) in [5.74, 6) is -2.44. The molecule has 1 aliphatic heterocycles. The Kier molecular flexibility index (Phi) is 5.24. The van der Waals surface area contributed by atoms with Crippen molar-refractivity contribution in [3.05, 3.63) is 59.9 Å². The molecule has 9 heteroatoms. The predicted octanol–water partition coefficient (Wildman–Crippen LogP) is 1.05. The summed E-state index contributed by atoms with van der Waals surface area (Å²) in [7, 11) is -1.86. The number of anilines is 1. The molecule has 3 aromatic rings. The highest BCUT2D eigenvalue weighted by Crippen LogP contribution is 2.33. The van der Waals surface area contributed by atoms with Crippen LogP contribution in [0.1, 0.15) is 11.1 Å². The normalized spacial score (nSPS) is 13.4. The van der Waals surface area contributed by atoms with Gasteiger partial charge in [0.2, 0.25) is 0 Å². The second kappa shape index (κ2) is 7.98. The Bertz CT molecular complexity index is 1060. The number of amides is 2. The van der Waals surface area contributed by atoms with Gasteiger partial charge in [0.05, 0.1) is 24.5 Å². The Morgan fingerprint density at radius 2 is 1.93 bits per heavy atom. The Hall–Kier alpha value is -3.30. The lowest BCUT2D eigenvalue weighted by molar-refractivity contribution is -0.136. The van der Waals surface area contributed by atoms with E-state index in [-0.39, 0.29) is 6.42 Å². The van der Waals surface area contributed by atoms with Gasteiger partial charge in [0.15, 0.2) is 0 Å². The molecule has 4 N–H and O–H groups in total. The first kappa shape index (κ1) is 19.0. The third-order valence-corrected chi connectivity index (χ3v) is 4.85. The monoisotopic (exact) mass is 394 g/mol. The van der Waals surface area contributed by atoms with Crippen LogP contribution in [0.5, 0.6) is 5.75 Å². The van der Waals surface area contributed by atoms with E-state index in [9.17, 15) is 19.6 Å². The van der Waals surface area contributed by atoms with Crippen LogP contribution < -0.4 is 15.4 Å². The molecule has 2 amide bonds. The number of carbonyl (C=O) groups is 2. The van der Waals surface area contributed by atoms with Gasteiger partial charge in [0, 0.05) is 11.8 Å². The minimum absolute atomic E-state index is 0.0809. The van der Waals surface area contributed by atoms with E-state index >= 15 is 0 Å². The van der Waals surface area contributed by atoms with E-state index in [0.29, 0.717) is 29.2 Å². The molecule has 1 unspecified atom stereocenters. The number of para-hydroxylation sites is 2. The van der Waals surface area contributed by atoms with Gasteiger partial charge < -0.3 is 29.8 Å². The first-order valence-corrected chi connectivity index (χ1v) is 9.20. The van der Waals surface area contributed by atoms with E-state index in [1.54, 1.807) is 18.2 Å². The van der Waals surface area contributed by atoms with Gasteiger partial charge >= 0.3 is 18.9 Å². The third-order valence-electron chi connectivity index (χ3n) is 4.85. The van der Waals surface area contributed by atoms with E-state index in [1.807, 2.05) is 24.3 Å². The number of carbonyl (C=O) groups excluding carboxylic acids is 2. The largest absolute Gasteiger partial charge is 0.491 e. The molecule has 0 bridgehead atoms. The molecule has 1 aromatic heterocycles. The number of fused-ring (bicyclic) bond motifs is 2. The smallest absolute Gasteiger partial charge is 0.475 e. The second-order valence-corrected chi connectivity index (χ2v) is 6.80. The summed E-state index contributed by atoms with van der Waals surface area (Å²) in [5, 5.41) is 25.1. The van der Waals surface area contributed by atoms with E-state index < -0.39 is 24.9 Å². The molecule has 2 aromatic carbocycles. The average molecular weight is 394 g/mol. The summed E-state index contributed by atoms with van der Waals surface area (Å²) in [6.07, 6.45) is 2.32. The molecule has 29 heavy (non-hydrogen) atoms. The second-order valence-electron chi connectivity index (χ2n) is 6.80. The number of rotatable bonds is 5. The van der Waals surface area contributed by atoms with Crippen LogP contribution in [0.15, 0.2) is 53.1 Å². The van der Waals surface area contributed by atoms with Gasteiger partial charge in [-0.2, -0.15) is 0 Å². The van der Waals surface area contributed by atoms with Crippen molar-refractivity contribution in [3.63, 3.8) is 0 Å². The first-order chi connectivity index (χ1) is 14.0. The number of hydrogen-bond donors (Lipinski definition) is 4. The zero-order valence-corrected chi connectivity index (χ0v) is 15.4. The van der Waals surface area contributed by atoms with Crippen LogP contribution in [0.25, 0.3) is 11.0 Å². The number of nitrogens with one attached hydrogen (secondary N) is 2. The molecular weight excluding hydrogens is 375 g/mol. The Morgan fingerprint density at radius 1 is 1.10 bits per heavy atom. The van der Waals surface area contributed by atoms with Crippen molar-refractivity contribution in [2.24, 2.45) is 0 Å². The van der Waals surface area contributed by atoms with Crippen molar-refractivity contribution < 1.29 is 28.8 Å². The van der Waals surface area contributed by atoms with Crippen LogP contribution in [0, 0.1) is 0 Å². The van der Waals surface area contributed by atoms with Crippen molar-refractivity contribution in [2.45, 2.75) is 18.8 Å². The number of furan rings is 1. The fraction of sp³-hybridized carbons (Fsp3) is 0.200. The van der Waals surface area contributed by atoms with Crippen LogP contribution in [-0.2, 0) is 22.4 Å². The minimum Gasteiger partial charge on any atom is -0.491 e. The third kappa shape index (κ3) is 3.96. The Balaban J connectivity index is 1.45. The lowest BCUT2D eigenvalue weighted by Crippen LogP contribution is -2.51. The lowest BCUT2D eigenvalue weighted by Gasteiger charge is -2.17. The van der Waals surface area contributed by atoms with Crippen molar-refractivity contribution in [1.29, 1.82) is 0 Å². The fourth-order valence-corrected chi connectivity index (χ4v) is 3.39. The van der Waals surface area contributed by atoms with Gasteiger partial charge in [-0.3, -0.25) is 9.59 Å². The van der Waals surface area contributed by atoms with Crippen LogP contribution in [0.3, 0.4) is 0 Å². The minimum atomic E-state index is -1.86. The molecular formula is C20H19BN2O6. The van der Waals surface area contributed by atoms with E-state index in [2.05, 4.69) is 10.6 Å². The number of ether oxygens (including phenoxy) is 1. The van der Waals surface area contributed by atoms with Crippen LogP contribution >= 0.6 is 0 Å². The molecule has 2 heterocycles. The zero-order valence-electron chi connectivity index (χ0n) is 15.4. The van der Waals surface area contributed by atoms with Crippen LogP contribution in [0.2, 0.25) is 0 Å². The molecule has 0 fully saturated rings. The van der Waals surface area contributed by atoms with Crippen molar-refractivity contribution >= 4 is 35.6 Å². The van der Waals surface area contributed by atoms with Crippen molar-refractivity contribution in [1.82, 2.24) is 5.32 Å². The van der Waals surface area contributed by atoms with E-state index in [0.717, 1.165) is 17.4 Å². The predicted molar refractivity (Wildman–Crippen MR) is 106 cm³/mol. The highest BCUT2D eigenvalue weighted by Gasteiger charge is 2.29. The maximum Gasteiger partial charge on any atom is 0.475 e. The summed E-state index contributed by atoms with van der Waals surface area (Å²) in [6, 6.07) is 12.6. The fourth-order valence-electron chi connectivity index (χ4n) is 3.39. The highest BCUT2D eigenvalue weighted by molar-refractivity contribution is 6.46. The summed E-state index contributed by atoms with van der Waals surface area (Å²) >= 11 is 0. The lowest BCUT2D eigenvalue weighted by atomic mass is 9.76. The van der Waals surface area contributed by atoms with E-state index in [1.165, 1.54) is 6.26 Å². The summed E-state index contributed by atoms with van der Waals surface area (Å²) < 4.78 is 10.9. The number of hydrogen-bond acceptors (Lipinski definition) is 6. The molecule has 0 radical (unpaired) electrons. The number of benzene rings is 2. The first-order valence-electron chi connectivity index (χ1n) is 9.20. The Morgan fingerprint density at radius 3 is 2.76 bits per heavy atom. The summed E-state index contributed by atoms with van der Waals surface area (Å²) in [4.78, 5) is 24.7. The van der Waals surface area contributed by atoms with Crippen molar-refractivity contribution in [3.8, 4) is 5.75 Å². The molecule has 4 rings (SSSR count). The van der Waals surface area contributed by atoms with Crippen LogP contribution in [-0.4, -0.2) is 41.5 Å². The van der Waals surface area contributed by atoms with Crippen molar-refractivity contribution in [2.75, 3.05) is 11.9 Å². The summed E-state index contributed by atoms with van der Waals surface area (Å²) in [5.41, 5.74) is 2.70.